The third kappa shape index (κ3) is 5.31. The highest BCUT2D eigenvalue weighted by Gasteiger charge is 1.98. The lowest BCUT2D eigenvalue weighted by atomic mass is 10.2. The minimum atomic E-state index is 1.06. The van der Waals surface area contributed by atoms with Gasteiger partial charge in [-0.15, -0.1) is 0 Å². The van der Waals surface area contributed by atoms with Crippen molar-refractivity contribution in [3.8, 4) is 0 Å². The van der Waals surface area contributed by atoms with Gasteiger partial charge in [0.25, 0.3) is 0 Å². The lowest BCUT2D eigenvalue weighted by Gasteiger charge is -2.01. The van der Waals surface area contributed by atoms with E-state index in [1.807, 2.05) is 6.20 Å². The molecule has 0 radical (unpaired) electrons. The molecular formula is C13H25N3. The monoisotopic (exact) mass is 223 g/mol. The molecular weight excluding hydrogens is 198 g/mol. The molecule has 0 bridgehead atoms. The van der Waals surface area contributed by atoms with Crippen molar-refractivity contribution in [3.63, 3.8) is 0 Å². The van der Waals surface area contributed by atoms with Crippen LogP contribution in [0.25, 0.3) is 0 Å². The first-order valence-electron chi connectivity index (χ1n) is 6.58. The molecule has 3 heteroatoms. The number of rotatable bonds is 9. The molecule has 1 heterocycles. The fourth-order valence-corrected chi connectivity index (χ4v) is 1.70. The Bertz CT molecular complexity index is 268. The van der Waals surface area contributed by atoms with E-state index in [1.165, 1.54) is 31.2 Å². The topological polar surface area (TPSA) is 29.9 Å². The number of aryl methyl sites for hydroxylation is 2. The third-order valence-electron chi connectivity index (χ3n) is 2.67. The molecule has 1 N–H and O–H groups in total. The summed E-state index contributed by atoms with van der Waals surface area (Å²) in [6.45, 7) is 7.73. The fraction of sp³-hybridized carbons (Fsp3) is 0.769. The second-order valence-corrected chi connectivity index (χ2v) is 4.32. The minimum absolute atomic E-state index is 1.06. The van der Waals surface area contributed by atoms with Crippen LogP contribution in [-0.4, -0.2) is 22.9 Å². The molecule has 0 amide bonds. The highest BCUT2D eigenvalue weighted by Crippen LogP contribution is 2.02. The Balaban J connectivity index is 2.14. The molecule has 1 aromatic heterocycles. The summed E-state index contributed by atoms with van der Waals surface area (Å²) in [7, 11) is 0. The van der Waals surface area contributed by atoms with E-state index in [1.54, 1.807) is 0 Å². The molecule has 0 aliphatic heterocycles. The highest BCUT2D eigenvalue weighted by atomic mass is 15.3. The summed E-state index contributed by atoms with van der Waals surface area (Å²) in [6, 6.07) is 0. The van der Waals surface area contributed by atoms with Gasteiger partial charge in [-0.1, -0.05) is 20.3 Å². The Kier molecular flexibility index (Phi) is 6.90. The SMILES string of the molecule is CCCCn1cc(CCCNCCC)cn1. The zero-order chi connectivity index (χ0) is 11.6. The van der Waals surface area contributed by atoms with E-state index >= 15 is 0 Å². The number of nitrogens with one attached hydrogen (secondary N) is 1. The molecule has 16 heavy (non-hydrogen) atoms. The van der Waals surface area contributed by atoms with Gasteiger partial charge in [0.2, 0.25) is 0 Å². The van der Waals surface area contributed by atoms with E-state index in [-0.39, 0.29) is 0 Å². The van der Waals surface area contributed by atoms with Crippen LogP contribution in [0.5, 0.6) is 0 Å². The zero-order valence-corrected chi connectivity index (χ0v) is 10.7. The summed E-state index contributed by atoms with van der Waals surface area (Å²) < 4.78 is 2.07. The van der Waals surface area contributed by atoms with Gasteiger partial charge in [0.1, 0.15) is 0 Å². The number of hydrogen-bond acceptors (Lipinski definition) is 2. The van der Waals surface area contributed by atoms with Gasteiger partial charge in [0.15, 0.2) is 0 Å². The lowest BCUT2D eigenvalue weighted by molar-refractivity contribution is 0.571. The summed E-state index contributed by atoms with van der Waals surface area (Å²) in [5.74, 6) is 0. The van der Waals surface area contributed by atoms with Crippen LogP contribution < -0.4 is 5.32 Å². The fourth-order valence-electron chi connectivity index (χ4n) is 1.70. The van der Waals surface area contributed by atoms with E-state index < -0.39 is 0 Å². The van der Waals surface area contributed by atoms with Crippen molar-refractivity contribution in [2.45, 2.75) is 52.5 Å². The minimum Gasteiger partial charge on any atom is -0.317 e. The van der Waals surface area contributed by atoms with Crippen molar-refractivity contribution in [2.24, 2.45) is 0 Å². The first-order chi connectivity index (χ1) is 7.86. The van der Waals surface area contributed by atoms with Crippen molar-refractivity contribution >= 4 is 0 Å². The molecule has 0 saturated carbocycles. The van der Waals surface area contributed by atoms with Gasteiger partial charge in [-0.3, -0.25) is 4.68 Å². The molecule has 0 aliphatic carbocycles. The first-order valence-corrected chi connectivity index (χ1v) is 6.58. The summed E-state index contributed by atoms with van der Waals surface area (Å²) in [5.41, 5.74) is 1.37. The average Bonchev–Trinajstić information content (AvgIpc) is 2.74. The molecule has 0 aromatic carbocycles. The molecule has 92 valence electrons. The Hall–Kier alpha value is -0.830. The summed E-state index contributed by atoms with van der Waals surface area (Å²) in [5, 5.41) is 7.78. The van der Waals surface area contributed by atoms with E-state index in [2.05, 4.69) is 35.1 Å². The van der Waals surface area contributed by atoms with Crippen LogP contribution in [0, 0.1) is 0 Å². The van der Waals surface area contributed by atoms with Crippen LogP contribution in [0.4, 0.5) is 0 Å². The summed E-state index contributed by atoms with van der Waals surface area (Å²) in [4.78, 5) is 0. The largest absolute Gasteiger partial charge is 0.317 e. The van der Waals surface area contributed by atoms with Crippen molar-refractivity contribution in [2.75, 3.05) is 13.1 Å². The van der Waals surface area contributed by atoms with E-state index in [9.17, 15) is 0 Å². The maximum Gasteiger partial charge on any atom is 0.0521 e. The lowest BCUT2D eigenvalue weighted by Crippen LogP contribution is -2.16. The first kappa shape index (κ1) is 13.2. The van der Waals surface area contributed by atoms with Gasteiger partial charge in [-0.2, -0.15) is 5.10 Å². The van der Waals surface area contributed by atoms with Crippen LogP contribution in [0.2, 0.25) is 0 Å². The van der Waals surface area contributed by atoms with Gasteiger partial charge < -0.3 is 5.32 Å². The number of hydrogen-bond donors (Lipinski definition) is 1. The smallest absolute Gasteiger partial charge is 0.0521 e. The molecule has 0 unspecified atom stereocenters. The van der Waals surface area contributed by atoms with E-state index in [0.29, 0.717) is 0 Å². The van der Waals surface area contributed by atoms with Crippen molar-refractivity contribution in [1.82, 2.24) is 15.1 Å². The second kappa shape index (κ2) is 8.34. The van der Waals surface area contributed by atoms with Gasteiger partial charge in [0.05, 0.1) is 6.20 Å². The van der Waals surface area contributed by atoms with Gasteiger partial charge >= 0.3 is 0 Å². The van der Waals surface area contributed by atoms with Crippen LogP contribution in [0.1, 0.15) is 45.1 Å². The maximum atomic E-state index is 4.37. The Morgan fingerprint density at radius 1 is 1.19 bits per heavy atom. The van der Waals surface area contributed by atoms with Crippen LogP contribution in [-0.2, 0) is 13.0 Å². The van der Waals surface area contributed by atoms with Gasteiger partial charge in [-0.05, 0) is 44.3 Å². The van der Waals surface area contributed by atoms with Gasteiger partial charge in [-0.25, -0.2) is 0 Å². The zero-order valence-electron chi connectivity index (χ0n) is 10.7. The Morgan fingerprint density at radius 3 is 2.81 bits per heavy atom. The summed E-state index contributed by atoms with van der Waals surface area (Å²) in [6.07, 6.45) is 10.2. The molecule has 0 spiro atoms. The second-order valence-electron chi connectivity index (χ2n) is 4.32. The van der Waals surface area contributed by atoms with E-state index in [0.717, 1.165) is 26.1 Å². The van der Waals surface area contributed by atoms with Crippen LogP contribution in [0.3, 0.4) is 0 Å². The van der Waals surface area contributed by atoms with Gasteiger partial charge in [0, 0.05) is 12.7 Å². The third-order valence-corrected chi connectivity index (χ3v) is 2.67. The van der Waals surface area contributed by atoms with Crippen LogP contribution >= 0.6 is 0 Å². The number of aromatic nitrogens is 2. The van der Waals surface area contributed by atoms with E-state index in [4.69, 9.17) is 0 Å². The maximum absolute atomic E-state index is 4.37. The normalized spacial score (nSPS) is 10.9. The summed E-state index contributed by atoms with van der Waals surface area (Å²) >= 11 is 0. The Morgan fingerprint density at radius 2 is 2.06 bits per heavy atom. The molecule has 3 nitrogen and oxygen atoms in total. The molecule has 0 atom stereocenters. The quantitative estimate of drug-likeness (QED) is 0.652. The van der Waals surface area contributed by atoms with Crippen molar-refractivity contribution < 1.29 is 0 Å². The predicted molar refractivity (Wildman–Crippen MR) is 68.6 cm³/mol. The Labute approximate surface area is 99.2 Å². The molecule has 0 saturated heterocycles. The standard InChI is InChI=1S/C13H25N3/c1-3-5-10-16-12-13(11-15-16)7-6-9-14-8-4-2/h11-12,14H,3-10H2,1-2H3. The molecule has 0 fully saturated rings. The van der Waals surface area contributed by atoms with Crippen molar-refractivity contribution in [1.29, 1.82) is 0 Å². The number of unbranched alkanes of at least 4 members (excludes halogenated alkanes) is 1. The number of nitrogens with zero attached hydrogens (tertiary/aromatic N) is 2. The van der Waals surface area contributed by atoms with Crippen LogP contribution in [0.15, 0.2) is 12.4 Å². The molecule has 1 aromatic rings. The predicted octanol–water partition coefficient (Wildman–Crippen LogP) is 2.62. The average molecular weight is 223 g/mol. The van der Waals surface area contributed by atoms with Crippen molar-refractivity contribution in [3.05, 3.63) is 18.0 Å². The molecule has 1 rings (SSSR count). The highest BCUT2D eigenvalue weighted by molar-refractivity contribution is 5.03. The molecule has 0 aliphatic rings.